The first-order chi connectivity index (χ1) is 17.4. The molecule has 36 heavy (non-hydrogen) atoms. The van der Waals surface area contributed by atoms with Gasteiger partial charge in [0.1, 0.15) is 0 Å². The van der Waals surface area contributed by atoms with Gasteiger partial charge in [0.25, 0.3) is 5.56 Å². The van der Waals surface area contributed by atoms with Gasteiger partial charge in [-0.25, -0.2) is 4.79 Å². The molecule has 2 aliphatic rings. The Kier molecular flexibility index (Phi) is 6.41. The summed E-state index contributed by atoms with van der Waals surface area (Å²) in [5, 5.41) is 0. The second-order valence-corrected chi connectivity index (χ2v) is 9.45. The van der Waals surface area contributed by atoms with E-state index in [0.29, 0.717) is 36.7 Å². The number of aliphatic imine (C=N–C) groups is 1. The van der Waals surface area contributed by atoms with Crippen LogP contribution in [0.2, 0.25) is 0 Å². The van der Waals surface area contributed by atoms with Crippen molar-refractivity contribution >= 4 is 28.5 Å². The van der Waals surface area contributed by atoms with Gasteiger partial charge < -0.3 is 15.5 Å². The Hall–Kier alpha value is -3.84. The Morgan fingerprint density at radius 3 is 2.72 bits per heavy atom. The topological polar surface area (TPSA) is 107 Å². The van der Waals surface area contributed by atoms with Crippen molar-refractivity contribution in [2.45, 2.75) is 38.9 Å². The van der Waals surface area contributed by atoms with Gasteiger partial charge in [0.2, 0.25) is 5.95 Å². The van der Waals surface area contributed by atoms with Crippen molar-refractivity contribution in [3.05, 3.63) is 50.7 Å². The first-order valence-corrected chi connectivity index (χ1v) is 12.3. The van der Waals surface area contributed by atoms with E-state index in [1.54, 1.807) is 14.0 Å². The quantitative estimate of drug-likeness (QED) is 0.544. The predicted molar refractivity (Wildman–Crippen MR) is 143 cm³/mol. The summed E-state index contributed by atoms with van der Waals surface area (Å²) in [5.74, 6) is 6.62. The summed E-state index contributed by atoms with van der Waals surface area (Å²) >= 11 is 0. The summed E-state index contributed by atoms with van der Waals surface area (Å²) < 4.78 is 4.56. The number of rotatable bonds is 4. The molecule has 4 heterocycles. The van der Waals surface area contributed by atoms with E-state index in [1.165, 1.54) is 9.13 Å². The zero-order valence-electron chi connectivity index (χ0n) is 21.1. The molecule has 2 aromatic heterocycles. The number of aromatic nitrogens is 4. The van der Waals surface area contributed by atoms with Crippen LogP contribution in [0.4, 0.5) is 11.6 Å². The smallest absolute Gasteiger partial charge is 0.332 e. The minimum Gasteiger partial charge on any atom is -0.372 e. The third-order valence-corrected chi connectivity index (χ3v) is 7.04. The summed E-state index contributed by atoms with van der Waals surface area (Å²) in [6.45, 7) is 4.93. The van der Waals surface area contributed by atoms with Crippen LogP contribution in [0.3, 0.4) is 0 Å². The number of nitrogens with zero attached hydrogens (tertiary/aromatic N) is 7. The average Bonchev–Trinajstić information content (AvgIpc) is 3.19. The molecule has 1 aromatic carbocycles. The lowest BCUT2D eigenvalue weighted by Gasteiger charge is -2.31. The van der Waals surface area contributed by atoms with Gasteiger partial charge in [0, 0.05) is 51.0 Å². The van der Waals surface area contributed by atoms with E-state index in [9.17, 15) is 9.59 Å². The third-order valence-electron chi connectivity index (χ3n) is 7.04. The summed E-state index contributed by atoms with van der Waals surface area (Å²) in [7, 11) is 3.68. The SMILES string of the molecule is CC#CCn1c(N2CCCC(N)C2)nc2c1c(=O)n(CC1=NCCN(C)c3ccccc31)c(=O)n2C. The Morgan fingerprint density at radius 2 is 1.94 bits per heavy atom. The molecule has 188 valence electrons. The summed E-state index contributed by atoms with van der Waals surface area (Å²) in [5.41, 5.74) is 8.84. The van der Waals surface area contributed by atoms with E-state index >= 15 is 0 Å². The Balaban J connectivity index is 1.68. The van der Waals surface area contributed by atoms with Gasteiger partial charge in [-0.15, -0.1) is 5.92 Å². The molecule has 10 heteroatoms. The number of benzodiazepines with no additional fused rings is 1. The largest absolute Gasteiger partial charge is 0.372 e. The fourth-order valence-corrected chi connectivity index (χ4v) is 5.12. The van der Waals surface area contributed by atoms with Gasteiger partial charge in [-0.1, -0.05) is 24.1 Å². The molecule has 0 aliphatic carbocycles. The van der Waals surface area contributed by atoms with Crippen molar-refractivity contribution in [3.63, 3.8) is 0 Å². The number of piperidine rings is 1. The van der Waals surface area contributed by atoms with E-state index in [4.69, 9.17) is 15.7 Å². The van der Waals surface area contributed by atoms with Crippen LogP contribution < -0.4 is 26.8 Å². The first-order valence-electron chi connectivity index (χ1n) is 12.3. The van der Waals surface area contributed by atoms with Gasteiger partial charge in [-0.3, -0.25) is 23.5 Å². The van der Waals surface area contributed by atoms with Gasteiger partial charge in [-0.05, 0) is 25.8 Å². The van der Waals surface area contributed by atoms with Gasteiger partial charge in [-0.2, -0.15) is 4.98 Å². The first kappa shape index (κ1) is 23.9. The normalized spacial score (nSPS) is 17.9. The standard InChI is InChI=1S/C26H32N8O2/c1-4-5-14-33-22-23(29-25(33)32-13-8-9-18(27)16-32)31(3)26(36)34(24(22)35)17-20-19-10-6-7-11-21(19)30(2)15-12-28-20/h6-7,10-11,18H,8-9,12-17,27H2,1-3H3. The highest BCUT2D eigenvalue weighted by Crippen LogP contribution is 2.24. The van der Waals surface area contributed by atoms with Crippen LogP contribution in [0.5, 0.6) is 0 Å². The molecule has 1 unspecified atom stereocenters. The number of hydrogen-bond donors (Lipinski definition) is 1. The van der Waals surface area contributed by atoms with Gasteiger partial charge in [0.15, 0.2) is 11.2 Å². The number of benzene rings is 1. The molecular weight excluding hydrogens is 456 g/mol. The van der Waals surface area contributed by atoms with E-state index < -0.39 is 5.69 Å². The Bertz CT molecular complexity index is 1520. The maximum atomic E-state index is 13.9. The van der Waals surface area contributed by atoms with E-state index in [0.717, 1.165) is 42.9 Å². The number of fused-ring (bicyclic) bond motifs is 2. The van der Waals surface area contributed by atoms with Crippen LogP contribution in [0.15, 0.2) is 38.8 Å². The van der Waals surface area contributed by atoms with Crippen LogP contribution in [0, 0.1) is 11.8 Å². The number of hydrogen-bond acceptors (Lipinski definition) is 7. The van der Waals surface area contributed by atoms with Crippen molar-refractivity contribution in [2.24, 2.45) is 17.8 Å². The number of imidazole rings is 1. The minimum atomic E-state index is -0.418. The fourth-order valence-electron chi connectivity index (χ4n) is 5.12. The minimum absolute atomic E-state index is 0.0381. The Morgan fingerprint density at radius 1 is 1.14 bits per heavy atom. The summed E-state index contributed by atoms with van der Waals surface area (Å²) in [4.78, 5) is 41.1. The summed E-state index contributed by atoms with van der Waals surface area (Å²) in [6, 6.07) is 8.00. The Labute approximate surface area is 209 Å². The molecule has 0 bridgehead atoms. The number of anilines is 2. The van der Waals surface area contributed by atoms with Crippen LogP contribution in [0.25, 0.3) is 11.2 Å². The number of nitrogens with two attached hydrogens (primary N) is 1. The van der Waals surface area contributed by atoms with Crippen molar-refractivity contribution in [2.75, 3.05) is 43.0 Å². The van der Waals surface area contributed by atoms with E-state index in [2.05, 4.69) is 21.6 Å². The van der Waals surface area contributed by atoms with Crippen molar-refractivity contribution in [1.29, 1.82) is 0 Å². The van der Waals surface area contributed by atoms with Crippen LogP contribution in [-0.4, -0.2) is 63.7 Å². The number of aryl methyl sites for hydroxylation is 1. The lowest BCUT2D eigenvalue weighted by atomic mass is 10.1. The van der Waals surface area contributed by atoms with E-state index in [-0.39, 0.29) is 18.1 Å². The van der Waals surface area contributed by atoms with Crippen molar-refractivity contribution in [1.82, 2.24) is 18.7 Å². The zero-order chi connectivity index (χ0) is 25.4. The number of likely N-dealkylation sites (N-methyl/N-ethyl adjacent to an activating group) is 1. The van der Waals surface area contributed by atoms with Crippen molar-refractivity contribution < 1.29 is 0 Å². The predicted octanol–water partition coefficient (Wildman–Crippen LogP) is 0.787. The maximum Gasteiger partial charge on any atom is 0.332 e. The molecule has 2 aliphatic heterocycles. The molecule has 0 radical (unpaired) electrons. The molecule has 1 fully saturated rings. The maximum absolute atomic E-state index is 13.9. The molecule has 3 aromatic rings. The van der Waals surface area contributed by atoms with Gasteiger partial charge >= 0.3 is 5.69 Å². The highest BCUT2D eigenvalue weighted by atomic mass is 16.2. The fraction of sp³-hybridized carbons (Fsp3) is 0.462. The van der Waals surface area contributed by atoms with Crippen LogP contribution in [0.1, 0.15) is 25.3 Å². The molecule has 2 N–H and O–H groups in total. The molecule has 0 saturated carbocycles. The lowest BCUT2D eigenvalue weighted by Crippen LogP contribution is -2.44. The average molecular weight is 489 g/mol. The van der Waals surface area contributed by atoms with Gasteiger partial charge in [0.05, 0.1) is 25.3 Å². The summed E-state index contributed by atoms with van der Waals surface area (Å²) in [6.07, 6.45) is 1.90. The van der Waals surface area contributed by atoms with E-state index in [1.807, 2.05) is 35.9 Å². The zero-order valence-corrected chi connectivity index (χ0v) is 21.1. The molecule has 1 atom stereocenters. The number of para-hydroxylation sites is 1. The molecule has 0 amide bonds. The third kappa shape index (κ3) is 4.09. The monoisotopic (exact) mass is 488 g/mol. The molecule has 0 spiro atoms. The molecule has 5 rings (SSSR count). The second-order valence-electron chi connectivity index (χ2n) is 9.45. The molecular formula is C26H32N8O2. The second kappa shape index (κ2) is 9.66. The lowest BCUT2D eigenvalue weighted by molar-refractivity contribution is 0.496. The van der Waals surface area contributed by atoms with Crippen LogP contribution >= 0.6 is 0 Å². The molecule has 1 saturated heterocycles. The highest BCUT2D eigenvalue weighted by molar-refractivity contribution is 6.05. The van der Waals surface area contributed by atoms with Crippen LogP contribution in [-0.2, 0) is 20.1 Å². The molecule has 10 nitrogen and oxygen atoms in total. The van der Waals surface area contributed by atoms with Crippen molar-refractivity contribution in [3.8, 4) is 11.8 Å². The highest BCUT2D eigenvalue weighted by Gasteiger charge is 2.27.